The summed E-state index contributed by atoms with van der Waals surface area (Å²) in [5.74, 6) is 1.93. The molecule has 0 aromatic heterocycles. The van der Waals surface area contributed by atoms with E-state index >= 15 is 0 Å². The molecule has 0 saturated heterocycles. The number of rotatable bonds is 4. The first kappa shape index (κ1) is 16.2. The number of hydrogen-bond donors (Lipinski definition) is 2. The molecule has 0 fully saturated rings. The minimum atomic E-state index is -0.0353. The molecule has 24 heavy (non-hydrogen) atoms. The van der Waals surface area contributed by atoms with Crippen LogP contribution < -0.4 is 9.47 Å². The number of allylic oxidation sites excluding steroid dienone is 2. The van der Waals surface area contributed by atoms with Crippen LogP contribution in [0.15, 0.2) is 48.6 Å². The summed E-state index contributed by atoms with van der Waals surface area (Å²) in [5.41, 5.74) is 1.64. The number of benzene rings is 2. The Kier molecular flexibility index (Phi) is 4.65. The lowest BCUT2D eigenvalue weighted by molar-refractivity contribution is 0.402. The van der Waals surface area contributed by atoms with Gasteiger partial charge in [0.15, 0.2) is 0 Å². The van der Waals surface area contributed by atoms with E-state index in [0.717, 1.165) is 24.0 Å². The molecule has 0 amide bonds. The largest absolute Gasteiger partial charge is 0.508 e. The Bertz CT molecular complexity index is 751. The van der Waals surface area contributed by atoms with Crippen molar-refractivity contribution in [3.8, 4) is 23.0 Å². The summed E-state index contributed by atoms with van der Waals surface area (Å²) < 4.78 is 10.6. The molecule has 2 N–H and O–H groups in total. The Morgan fingerprint density at radius 1 is 0.875 bits per heavy atom. The highest BCUT2D eigenvalue weighted by Crippen LogP contribution is 2.47. The van der Waals surface area contributed by atoms with Crippen molar-refractivity contribution < 1.29 is 19.7 Å². The minimum absolute atomic E-state index is 0.0353. The van der Waals surface area contributed by atoms with Crippen molar-refractivity contribution in [2.45, 2.75) is 24.7 Å². The molecule has 1 aliphatic rings. The first-order valence-electron chi connectivity index (χ1n) is 8.04. The van der Waals surface area contributed by atoms with E-state index in [1.54, 1.807) is 38.5 Å². The van der Waals surface area contributed by atoms with Gasteiger partial charge in [-0.2, -0.15) is 0 Å². The molecule has 2 atom stereocenters. The molecule has 4 heteroatoms. The molecule has 0 spiro atoms. The van der Waals surface area contributed by atoms with Crippen LogP contribution in [0.1, 0.15) is 35.8 Å². The van der Waals surface area contributed by atoms with E-state index in [0.29, 0.717) is 11.5 Å². The highest BCUT2D eigenvalue weighted by atomic mass is 16.5. The first-order valence-corrected chi connectivity index (χ1v) is 8.04. The number of aromatic hydroxyl groups is 2. The summed E-state index contributed by atoms with van der Waals surface area (Å²) >= 11 is 0. The predicted molar refractivity (Wildman–Crippen MR) is 93.2 cm³/mol. The fraction of sp³-hybridized carbons (Fsp3) is 0.300. The second-order valence-corrected chi connectivity index (χ2v) is 5.99. The van der Waals surface area contributed by atoms with Gasteiger partial charge in [-0.15, -0.1) is 0 Å². The highest BCUT2D eigenvalue weighted by molar-refractivity contribution is 5.49. The van der Waals surface area contributed by atoms with Crippen molar-refractivity contribution in [1.82, 2.24) is 0 Å². The zero-order valence-corrected chi connectivity index (χ0v) is 13.9. The summed E-state index contributed by atoms with van der Waals surface area (Å²) in [6.07, 6.45) is 6.04. The molecule has 3 rings (SSSR count). The summed E-state index contributed by atoms with van der Waals surface area (Å²) in [4.78, 5) is 0. The molecule has 1 aliphatic carbocycles. The van der Waals surface area contributed by atoms with Crippen molar-refractivity contribution in [3.05, 3.63) is 59.7 Å². The summed E-state index contributed by atoms with van der Waals surface area (Å²) in [6, 6.07) is 10.5. The molecular weight excluding hydrogens is 304 g/mol. The van der Waals surface area contributed by atoms with Gasteiger partial charge in [-0.05, 0) is 55.2 Å². The van der Waals surface area contributed by atoms with E-state index < -0.39 is 0 Å². The van der Waals surface area contributed by atoms with Crippen LogP contribution in [0.3, 0.4) is 0 Å². The van der Waals surface area contributed by atoms with Crippen molar-refractivity contribution in [1.29, 1.82) is 0 Å². The quantitative estimate of drug-likeness (QED) is 0.821. The zero-order chi connectivity index (χ0) is 17.1. The van der Waals surface area contributed by atoms with E-state index in [4.69, 9.17) is 9.47 Å². The Morgan fingerprint density at radius 3 is 2.08 bits per heavy atom. The first-order chi connectivity index (χ1) is 11.6. The molecule has 0 unspecified atom stereocenters. The molecule has 126 valence electrons. The lowest BCUT2D eigenvalue weighted by Gasteiger charge is -2.30. The normalized spacial score (nSPS) is 19.9. The van der Waals surface area contributed by atoms with Crippen LogP contribution in [-0.2, 0) is 0 Å². The average molecular weight is 326 g/mol. The lowest BCUT2D eigenvalue weighted by atomic mass is 9.75. The Balaban J connectivity index is 2.06. The Hall–Kier alpha value is -2.62. The fourth-order valence-corrected chi connectivity index (χ4v) is 3.38. The van der Waals surface area contributed by atoms with E-state index in [1.165, 1.54) is 0 Å². The van der Waals surface area contributed by atoms with Gasteiger partial charge in [0.05, 0.1) is 14.2 Å². The summed E-state index contributed by atoms with van der Waals surface area (Å²) in [6.45, 7) is 0. The van der Waals surface area contributed by atoms with E-state index in [2.05, 4.69) is 12.2 Å². The standard InChI is InChI=1S/C20H22O4/c1-23-13-7-9-19(21)17(11-13)15-5-3-4-6-16(15)18-12-14(24-2)8-10-20(18)22/h3,5,7-12,15-16,21-22H,4,6H2,1-2H3/t15-,16-/m1/s1. The molecule has 0 heterocycles. The number of phenolic OH excluding ortho intramolecular Hbond substituents is 2. The van der Waals surface area contributed by atoms with Crippen molar-refractivity contribution in [2.24, 2.45) is 0 Å². The van der Waals surface area contributed by atoms with E-state index in [1.807, 2.05) is 12.1 Å². The maximum absolute atomic E-state index is 10.4. The smallest absolute Gasteiger partial charge is 0.119 e. The second-order valence-electron chi connectivity index (χ2n) is 5.99. The minimum Gasteiger partial charge on any atom is -0.508 e. The van der Waals surface area contributed by atoms with Crippen LogP contribution >= 0.6 is 0 Å². The van der Waals surface area contributed by atoms with Crippen LogP contribution in [-0.4, -0.2) is 24.4 Å². The molecule has 0 bridgehead atoms. The van der Waals surface area contributed by atoms with Crippen LogP contribution in [0.4, 0.5) is 0 Å². The number of ether oxygens (including phenoxy) is 2. The predicted octanol–water partition coefficient (Wildman–Crippen LogP) is 4.33. The third kappa shape index (κ3) is 3.04. The topological polar surface area (TPSA) is 58.9 Å². The third-order valence-corrected chi connectivity index (χ3v) is 4.65. The molecule has 0 aliphatic heterocycles. The highest BCUT2D eigenvalue weighted by Gasteiger charge is 2.29. The number of methoxy groups -OCH3 is 2. The van der Waals surface area contributed by atoms with Crippen LogP contribution in [0.25, 0.3) is 0 Å². The SMILES string of the molecule is COc1ccc(O)c([C@@H]2C=CCC[C@H]2c2cc(OC)ccc2O)c1. The molecule has 0 saturated carbocycles. The van der Waals surface area contributed by atoms with Crippen LogP contribution in [0.5, 0.6) is 23.0 Å². The molecule has 2 aromatic rings. The van der Waals surface area contributed by atoms with Gasteiger partial charge in [0.2, 0.25) is 0 Å². The average Bonchev–Trinajstić information content (AvgIpc) is 2.63. The molecule has 2 aromatic carbocycles. The van der Waals surface area contributed by atoms with Gasteiger partial charge in [0, 0.05) is 17.0 Å². The second kappa shape index (κ2) is 6.87. The van der Waals surface area contributed by atoms with E-state index in [-0.39, 0.29) is 23.3 Å². The van der Waals surface area contributed by atoms with Gasteiger partial charge in [-0.1, -0.05) is 12.2 Å². The third-order valence-electron chi connectivity index (χ3n) is 4.65. The zero-order valence-electron chi connectivity index (χ0n) is 13.9. The maximum Gasteiger partial charge on any atom is 0.119 e. The van der Waals surface area contributed by atoms with Crippen LogP contribution in [0.2, 0.25) is 0 Å². The van der Waals surface area contributed by atoms with Crippen molar-refractivity contribution >= 4 is 0 Å². The fourth-order valence-electron chi connectivity index (χ4n) is 3.38. The number of phenols is 2. The molecular formula is C20H22O4. The monoisotopic (exact) mass is 326 g/mol. The lowest BCUT2D eigenvalue weighted by Crippen LogP contribution is -2.13. The van der Waals surface area contributed by atoms with Crippen molar-refractivity contribution in [3.63, 3.8) is 0 Å². The number of hydrogen-bond acceptors (Lipinski definition) is 4. The summed E-state index contributed by atoms with van der Waals surface area (Å²) in [7, 11) is 3.22. The summed E-state index contributed by atoms with van der Waals surface area (Å²) in [5, 5.41) is 20.7. The maximum atomic E-state index is 10.4. The van der Waals surface area contributed by atoms with E-state index in [9.17, 15) is 10.2 Å². The van der Waals surface area contributed by atoms with Gasteiger partial charge in [0.25, 0.3) is 0 Å². The van der Waals surface area contributed by atoms with Crippen molar-refractivity contribution in [2.75, 3.05) is 14.2 Å². The molecule has 0 radical (unpaired) electrons. The Labute approximate surface area is 142 Å². The van der Waals surface area contributed by atoms with Gasteiger partial charge in [-0.3, -0.25) is 0 Å². The van der Waals surface area contributed by atoms with Gasteiger partial charge >= 0.3 is 0 Å². The van der Waals surface area contributed by atoms with Gasteiger partial charge in [-0.25, -0.2) is 0 Å². The van der Waals surface area contributed by atoms with Gasteiger partial charge < -0.3 is 19.7 Å². The van der Waals surface area contributed by atoms with Crippen LogP contribution in [0, 0.1) is 0 Å². The molecule has 4 nitrogen and oxygen atoms in total. The Morgan fingerprint density at radius 2 is 1.46 bits per heavy atom. The van der Waals surface area contributed by atoms with Gasteiger partial charge in [0.1, 0.15) is 23.0 Å².